The Balaban J connectivity index is 1.44. The van der Waals surface area contributed by atoms with Crippen LogP contribution in [0.15, 0.2) is 48.5 Å². The lowest BCUT2D eigenvalue weighted by atomic mass is 10.0. The van der Waals surface area contributed by atoms with E-state index in [1.807, 2.05) is 36.4 Å². The number of nitrogens with one attached hydrogen (secondary N) is 2. The lowest BCUT2D eigenvalue weighted by Crippen LogP contribution is -2.33. The summed E-state index contributed by atoms with van der Waals surface area (Å²) in [4.78, 5) is 12.5. The predicted octanol–water partition coefficient (Wildman–Crippen LogP) is 4.12. The van der Waals surface area contributed by atoms with Crippen LogP contribution in [0.25, 0.3) is 0 Å². The van der Waals surface area contributed by atoms with Crippen molar-refractivity contribution in [3.63, 3.8) is 0 Å². The largest absolute Gasteiger partial charge is 0.490 e. The summed E-state index contributed by atoms with van der Waals surface area (Å²) in [5.41, 5.74) is 1.85. The van der Waals surface area contributed by atoms with Crippen LogP contribution in [0.4, 0.5) is 10.5 Å². The van der Waals surface area contributed by atoms with Gasteiger partial charge in [-0.3, -0.25) is 0 Å². The van der Waals surface area contributed by atoms with Gasteiger partial charge in [-0.25, -0.2) is 4.79 Å². The zero-order valence-electron chi connectivity index (χ0n) is 14.0. The third-order valence-electron chi connectivity index (χ3n) is 4.54. The number of urea groups is 1. The summed E-state index contributed by atoms with van der Waals surface area (Å²) >= 11 is 0. The molecule has 1 unspecified atom stereocenters. The average molecular weight is 338 g/mol. The second kappa shape index (κ2) is 7.05. The quantitative estimate of drug-likeness (QED) is 0.881. The molecule has 2 amide bonds. The number of carbonyl (C=O) groups is 1. The topological polar surface area (TPSA) is 59.6 Å². The van der Waals surface area contributed by atoms with Crippen LogP contribution in [-0.2, 0) is 0 Å². The van der Waals surface area contributed by atoms with Gasteiger partial charge in [-0.05, 0) is 36.5 Å². The standard InChI is InChI=1S/C20H22N2O3/c23-20(22-19(15-7-8-15)14-5-2-1-3-6-14)21-16-9-10-17-18(13-16)25-12-4-11-24-17/h1-3,5-6,9-10,13,15,19H,4,7-8,11-12H2,(H2,21,22,23). The maximum atomic E-state index is 12.5. The molecule has 25 heavy (non-hydrogen) atoms. The number of anilines is 1. The van der Waals surface area contributed by atoms with Crippen molar-refractivity contribution in [3.8, 4) is 11.5 Å². The molecule has 4 rings (SSSR count). The number of hydrogen-bond donors (Lipinski definition) is 2. The summed E-state index contributed by atoms with van der Waals surface area (Å²) in [6.07, 6.45) is 3.17. The molecule has 5 nitrogen and oxygen atoms in total. The first-order chi connectivity index (χ1) is 12.3. The number of benzene rings is 2. The van der Waals surface area contributed by atoms with Gasteiger partial charge in [-0.1, -0.05) is 30.3 Å². The van der Waals surface area contributed by atoms with Crippen LogP contribution < -0.4 is 20.1 Å². The lowest BCUT2D eigenvalue weighted by Gasteiger charge is -2.19. The molecule has 1 fully saturated rings. The second-order valence-electron chi connectivity index (χ2n) is 6.54. The molecule has 0 aromatic heterocycles. The first-order valence-electron chi connectivity index (χ1n) is 8.82. The summed E-state index contributed by atoms with van der Waals surface area (Å²) in [5, 5.41) is 6.02. The molecule has 1 saturated carbocycles. The third kappa shape index (κ3) is 3.87. The van der Waals surface area contributed by atoms with Crippen LogP contribution in [-0.4, -0.2) is 19.2 Å². The molecular weight excluding hydrogens is 316 g/mol. The smallest absolute Gasteiger partial charge is 0.319 e. The van der Waals surface area contributed by atoms with E-state index in [4.69, 9.17) is 9.47 Å². The van der Waals surface area contributed by atoms with Crippen molar-refractivity contribution in [1.82, 2.24) is 5.32 Å². The van der Waals surface area contributed by atoms with Crippen molar-refractivity contribution in [2.75, 3.05) is 18.5 Å². The summed E-state index contributed by atoms with van der Waals surface area (Å²) in [7, 11) is 0. The second-order valence-corrected chi connectivity index (χ2v) is 6.54. The van der Waals surface area contributed by atoms with Crippen molar-refractivity contribution >= 4 is 11.7 Å². The van der Waals surface area contributed by atoms with Crippen molar-refractivity contribution in [3.05, 3.63) is 54.1 Å². The first-order valence-corrected chi connectivity index (χ1v) is 8.82. The van der Waals surface area contributed by atoms with Crippen LogP contribution in [0.5, 0.6) is 11.5 Å². The van der Waals surface area contributed by atoms with Crippen LogP contribution in [0, 0.1) is 5.92 Å². The number of amides is 2. The minimum absolute atomic E-state index is 0.0570. The third-order valence-corrected chi connectivity index (χ3v) is 4.54. The molecule has 0 spiro atoms. The van der Waals surface area contributed by atoms with E-state index >= 15 is 0 Å². The van der Waals surface area contributed by atoms with Crippen LogP contribution >= 0.6 is 0 Å². The number of hydrogen-bond acceptors (Lipinski definition) is 3. The minimum atomic E-state index is -0.199. The molecule has 0 bridgehead atoms. The lowest BCUT2D eigenvalue weighted by molar-refractivity contribution is 0.247. The summed E-state index contributed by atoms with van der Waals surface area (Å²) < 4.78 is 11.3. The zero-order valence-corrected chi connectivity index (χ0v) is 14.0. The fourth-order valence-corrected chi connectivity index (χ4v) is 3.11. The molecule has 1 atom stereocenters. The average Bonchev–Trinajstić information content (AvgIpc) is 3.47. The van der Waals surface area contributed by atoms with Gasteiger partial charge in [0.25, 0.3) is 0 Å². The van der Waals surface area contributed by atoms with E-state index in [1.54, 1.807) is 0 Å². The molecule has 2 aromatic carbocycles. The van der Waals surface area contributed by atoms with Crippen LogP contribution in [0.1, 0.15) is 30.9 Å². The monoisotopic (exact) mass is 338 g/mol. The van der Waals surface area contributed by atoms with Gasteiger partial charge < -0.3 is 20.1 Å². The number of carbonyl (C=O) groups excluding carboxylic acids is 1. The van der Waals surface area contributed by atoms with Crippen LogP contribution in [0.3, 0.4) is 0 Å². The molecule has 1 aliphatic carbocycles. The Morgan fingerprint density at radius 1 is 1.00 bits per heavy atom. The molecule has 2 aromatic rings. The Hall–Kier alpha value is -2.69. The number of fused-ring (bicyclic) bond motifs is 1. The molecule has 0 saturated heterocycles. The maximum Gasteiger partial charge on any atom is 0.319 e. The highest BCUT2D eigenvalue weighted by molar-refractivity contribution is 5.90. The van der Waals surface area contributed by atoms with E-state index in [2.05, 4.69) is 22.8 Å². The van der Waals surface area contributed by atoms with Gasteiger partial charge in [0.05, 0.1) is 19.3 Å². The molecule has 2 N–H and O–H groups in total. The molecule has 1 heterocycles. The Morgan fingerprint density at radius 3 is 2.52 bits per heavy atom. The highest BCUT2D eigenvalue weighted by Gasteiger charge is 2.33. The Morgan fingerprint density at radius 2 is 1.76 bits per heavy atom. The van der Waals surface area contributed by atoms with Gasteiger partial charge in [0.15, 0.2) is 11.5 Å². The van der Waals surface area contributed by atoms with E-state index in [-0.39, 0.29) is 12.1 Å². The van der Waals surface area contributed by atoms with Gasteiger partial charge in [0.1, 0.15) is 0 Å². The maximum absolute atomic E-state index is 12.5. The van der Waals surface area contributed by atoms with Gasteiger partial charge in [-0.2, -0.15) is 0 Å². The molecule has 5 heteroatoms. The number of rotatable bonds is 4. The van der Waals surface area contributed by atoms with Crippen molar-refractivity contribution < 1.29 is 14.3 Å². The normalized spacial score (nSPS) is 17.3. The molecule has 130 valence electrons. The summed E-state index contributed by atoms with van der Waals surface area (Å²) in [5.74, 6) is 1.93. The van der Waals surface area contributed by atoms with Gasteiger partial charge >= 0.3 is 6.03 Å². The van der Waals surface area contributed by atoms with Gasteiger partial charge in [0, 0.05) is 18.2 Å². The Bertz CT molecular complexity index is 744. The van der Waals surface area contributed by atoms with Gasteiger partial charge in [0.2, 0.25) is 0 Å². The highest BCUT2D eigenvalue weighted by atomic mass is 16.5. The van der Waals surface area contributed by atoms with E-state index in [9.17, 15) is 4.79 Å². The summed E-state index contributed by atoms with van der Waals surface area (Å²) in [6, 6.07) is 15.5. The SMILES string of the molecule is O=C(Nc1ccc2c(c1)OCCCO2)NC(c1ccccc1)C1CC1. The fraction of sp³-hybridized carbons (Fsp3) is 0.350. The predicted molar refractivity (Wildman–Crippen MR) is 96.1 cm³/mol. The first kappa shape index (κ1) is 15.8. The van der Waals surface area contributed by atoms with Gasteiger partial charge in [-0.15, -0.1) is 0 Å². The van der Waals surface area contributed by atoms with Crippen LogP contribution in [0.2, 0.25) is 0 Å². The summed E-state index contributed by atoms with van der Waals surface area (Å²) in [6.45, 7) is 1.28. The van der Waals surface area contributed by atoms with E-state index < -0.39 is 0 Å². The van der Waals surface area contributed by atoms with Crippen molar-refractivity contribution in [1.29, 1.82) is 0 Å². The molecule has 1 aliphatic heterocycles. The number of ether oxygens (including phenoxy) is 2. The van der Waals surface area contributed by atoms with Crippen molar-refractivity contribution in [2.24, 2.45) is 5.92 Å². The minimum Gasteiger partial charge on any atom is -0.490 e. The molecule has 2 aliphatic rings. The fourth-order valence-electron chi connectivity index (χ4n) is 3.11. The van der Waals surface area contributed by atoms with E-state index in [1.165, 1.54) is 0 Å². The molecular formula is C20H22N2O3. The Kier molecular flexibility index (Phi) is 4.46. The van der Waals surface area contributed by atoms with Crippen molar-refractivity contribution in [2.45, 2.75) is 25.3 Å². The van der Waals surface area contributed by atoms with E-state index in [0.717, 1.165) is 30.6 Å². The zero-order chi connectivity index (χ0) is 17.1. The highest BCUT2D eigenvalue weighted by Crippen LogP contribution is 2.41. The Labute approximate surface area is 147 Å². The molecule has 0 radical (unpaired) electrons. The van der Waals surface area contributed by atoms with E-state index in [0.29, 0.717) is 30.6 Å².